The number of thioether (sulfide) groups is 1. The molecule has 0 spiro atoms. The second-order valence-corrected chi connectivity index (χ2v) is 5.60. The molecule has 0 radical (unpaired) electrons. The summed E-state index contributed by atoms with van der Waals surface area (Å²) in [6.45, 7) is 2.06. The first-order valence-electron chi connectivity index (χ1n) is 5.62. The number of carbonyl (C=O) groups excluding carboxylic acids is 1. The van der Waals surface area contributed by atoms with Crippen molar-refractivity contribution in [2.24, 2.45) is 0 Å². The van der Waals surface area contributed by atoms with Crippen LogP contribution in [0.2, 0.25) is 0 Å². The van der Waals surface area contributed by atoms with E-state index < -0.39 is 0 Å². The molecule has 0 aromatic carbocycles. The average molecular weight is 231 g/mol. The number of hydrogen-bond acceptors (Lipinski definition) is 3. The largest absolute Gasteiger partial charge is 0.393 e. The molecule has 0 aromatic heterocycles. The van der Waals surface area contributed by atoms with E-state index in [2.05, 4.69) is 12.2 Å². The molecule has 4 heteroatoms. The van der Waals surface area contributed by atoms with Crippen LogP contribution < -0.4 is 5.32 Å². The zero-order chi connectivity index (χ0) is 11.3. The van der Waals surface area contributed by atoms with Gasteiger partial charge in [-0.1, -0.05) is 6.92 Å². The lowest BCUT2D eigenvalue weighted by Gasteiger charge is -2.26. The third-order valence-corrected chi connectivity index (χ3v) is 3.91. The maximum atomic E-state index is 11.6. The van der Waals surface area contributed by atoms with Gasteiger partial charge in [0.05, 0.1) is 6.10 Å². The smallest absolute Gasteiger partial charge is 0.221 e. The molecule has 1 amide bonds. The van der Waals surface area contributed by atoms with Crippen molar-refractivity contribution in [1.82, 2.24) is 5.32 Å². The minimum absolute atomic E-state index is 0.150. The van der Waals surface area contributed by atoms with Gasteiger partial charge in [-0.05, 0) is 31.9 Å². The highest BCUT2D eigenvalue weighted by molar-refractivity contribution is 7.99. The first kappa shape index (κ1) is 12.8. The first-order chi connectivity index (χ1) is 7.11. The predicted octanol–water partition coefficient (Wildman–Crippen LogP) is 1.55. The van der Waals surface area contributed by atoms with Gasteiger partial charge in [0.1, 0.15) is 0 Å². The van der Waals surface area contributed by atoms with Crippen molar-refractivity contribution in [2.75, 3.05) is 6.26 Å². The number of carbonyl (C=O) groups is 1. The van der Waals surface area contributed by atoms with Crippen molar-refractivity contribution >= 4 is 17.7 Å². The van der Waals surface area contributed by atoms with Gasteiger partial charge in [0.15, 0.2) is 0 Å². The summed E-state index contributed by atoms with van der Waals surface area (Å²) in [5, 5.41) is 12.8. The number of nitrogens with one attached hydrogen (secondary N) is 1. The fourth-order valence-corrected chi connectivity index (χ4v) is 2.17. The molecule has 3 nitrogen and oxygen atoms in total. The quantitative estimate of drug-likeness (QED) is 0.772. The third-order valence-electron chi connectivity index (χ3n) is 2.94. The fraction of sp³-hybridized carbons (Fsp3) is 0.909. The fourth-order valence-electron chi connectivity index (χ4n) is 1.85. The van der Waals surface area contributed by atoms with Gasteiger partial charge < -0.3 is 10.4 Å². The van der Waals surface area contributed by atoms with E-state index in [1.54, 1.807) is 11.8 Å². The van der Waals surface area contributed by atoms with Gasteiger partial charge in [0.25, 0.3) is 0 Å². The lowest BCUT2D eigenvalue weighted by Crippen LogP contribution is -2.39. The standard InChI is InChI=1S/C11H21NO2S/c1-8(15-2)7-11(14)12-9-3-5-10(13)6-4-9/h8-10,13H,3-7H2,1-2H3,(H,12,14). The molecule has 1 aliphatic rings. The Morgan fingerprint density at radius 1 is 1.47 bits per heavy atom. The van der Waals surface area contributed by atoms with Gasteiger partial charge in [-0.2, -0.15) is 11.8 Å². The van der Waals surface area contributed by atoms with E-state index in [0.717, 1.165) is 25.7 Å². The highest BCUT2D eigenvalue weighted by Gasteiger charge is 2.21. The minimum atomic E-state index is -0.150. The number of hydrogen-bond donors (Lipinski definition) is 2. The molecular formula is C11H21NO2S. The summed E-state index contributed by atoms with van der Waals surface area (Å²) in [4.78, 5) is 11.6. The molecule has 0 aliphatic heterocycles. The Bertz CT molecular complexity index is 203. The number of rotatable bonds is 4. The second kappa shape index (κ2) is 6.38. The van der Waals surface area contributed by atoms with Crippen molar-refractivity contribution in [3.8, 4) is 0 Å². The molecule has 1 rings (SSSR count). The Morgan fingerprint density at radius 2 is 2.07 bits per heavy atom. The Labute approximate surface area is 96.0 Å². The molecule has 0 bridgehead atoms. The van der Waals surface area contributed by atoms with E-state index in [0.29, 0.717) is 11.7 Å². The molecule has 0 saturated heterocycles. The van der Waals surface area contributed by atoms with Crippen LogP contribution in [0.4, 0.5) is 0 Å². The zero-order valence-electron chi connectivity index (χ0n) is 9.53. The van der Waals surface area contributed by atoms with E-state index >= 15 is 0 Å². The summed E-state index contributed by atoms with van der Waals surface area (Å²) in [6.07, 6.45) is 5.95. The minimum Gasteiger partial charge on any atom is -0.393 e. The van der Waals surface area contributed by atoms with E-state index in [9.17, 15) is 9.90 Å². The van der Waals surface area contributed by atoms with Crippen LogP contribution in [0.3, 0.4) is 0 Å². The topological polar surface area (TPSA) is 49.3 Å². The summed E-state index contributed by atoms with van der Waals surface area (Å²) >= 11 is 1.71. The van der Waals surface area contributed by atoms with E-state index in [-0.39, 0.29) is 18.1 Å². The first-order valence-corrected chi connectivity index (χ1v) is 6.90. The molecule has 1 fully saturated rings. The zero-order valence-corrected chi connectivity index (χ0v) is 10.3. The van der Waals surface area contributed by atoms with Gasteiger partial charge in [0, 0.05) is 17.7 Å². The maximum absolute atomic E-state index is 11.6. The molecule has 1 aliphatic carbocycles. The van der Waals surface area contributed by atoms with Gasteiger partial charge >= 0.3 is 0 Å². The molecule has 2 N–H and O–H groups in total. The highest BCUT2D eigenvalue weighted by atomic mass is 32.2. The maximum Gasteiger partial charge on any atom is 0.221 e. The molecule has 15 heavy (non-hydrogen) atoms. The number of amides is 1. The highest BCUT2D eigenvalue weighted by Crippen LogP contribution is 2.18. The van der Waals surface area contributed by atoms with Crippen molar-refractivity contribution in [2.45, 2.75) is 56.4 Å². The summed E-state index contributed by atoms with van der Waals surface area (Å²) in [5.41, 5.74) is 0. The van der Waals surface area contributed by atoms with Crippen LogP contribution >= 0.6 is 11.8 Å². The van der Waals surface area contributed by atoms with Gasteiger partial charge in [-0.25, -0.2) is 0 Å². The summed E-state index contributed by atoms with van der Waals surface area (Å²) in [6, 6.07) is 0.287. The van der Waals surface area contributed by atoms with Crippen LogP contribution in [-0.2, 0) is 4.79 Å². The van der Waals surface area contributed by atoms with Crippen molar-refractivity contribution < 1.29 is 9.90 Å². The lowest BCUT2D eigenvalue weighted by atomic mass is 9.93. The van der Waals surface area contributed by atoms with Gasteiger partial charge in [-0.15, -0.1) is 0 Å². The van der Waals surface area contributed by atoms with Crippen LogP contribution in [0, 0.1) is 0 Å². The Kier molecular flexibility index (Phi) is 5.47. The number of aliphatic hydroxyl groups is 1. The SMILES string of the molecule is CSC(C)CC(=O)NC1CCC(O)CC1. The van der Waals surface area contributed by atoms with Crippen molar-refractivity contribution in [1.29, 1.82) is 0 Å². The van der Waals surface area contributed by atoms with Crippen molar-refractivity contribution in [3.63, 3.8) is 0 Å². The Balaban J connectivity index is 2.20. The Morgan fingerprint density at radius 3 is 2.60 bits per heavy atom. The molecule has 1 saturated carbocycles. The number of aliphatic hydroxyl groups excluding tert-OH is 1. The second-order valence-electron chi connectivity index (χ2n) is 4.32. The van der Waals surface area contributed by atoms with Crippen LogP contribution in [0.1, 0.15) is 39.0 Å². The lowest BCUT2D eigenvalue weighted by molar-refractivity contribution is -0.122. The summed E-state index contributed by atoms with van der Waals surface area (Å²) < 4.78 is 0. The predicted molar refractivity (Wildman–Crippen MR) is 64.0 cm³/mol. The molecule has 0 aromatic rings. The van der Waals surface area contributed by atoms with E-state index in [4.69, 9.17) is 0 Å². The summed E-state index contributed by atoms with van der Waals surface area (Å²) in [5.74, 6) is 0.151. The summed E-state index contributed by atoms with van der Waals surface area (Å²) in [7, 11) is 0. The van der Waals surface area contributed by atoms with Crippen LogP contribution in [0.15, 0.2) is 0 Å². The average Bonchev–Trinajstić information content (AvgIpc) is 2.21. The third kappa shape index (κ3) is 4.89. The van der Waals surface area contributed by atoms with E-state index in [1.165, 1.54) is 0 Å². The molecule has 1 unspecified atom stereocenters. The molecule has 1 atom stereocenters. The van der Waals surface area contributed by atoms with Crippen LogP contribution in [0.25, 0.3) is 0 Å². The van der Waals surface area contributed by atoms with Crippen LogP contribution in [-0.4, -0.2) is 34.7 Å². The van der Waals surface area contributed by atoms with Crippen molar-refractivity contribution in [3.05, 3.63) is 0 Å². The molecular weight excluding hydrogens is 210 g/mol. The van der Waals surface area contributed by atoms with Gasteiger partial charge in [0.2, 0.25) is 5.91 Å². The van der Waals surface area contributed by atoms with Crippen LogP contribution in [0.5, 0.6) is 0 Å². The normalized spacial score (nSPS) is 28.5. The van der Waals surface area contributed by atoms with Gasteiger partial charge in [-0.3, -0.25) is 4.79 Å². The van der Waals surface area contributed by atoms with E-state index in [1.807, 2.05) is 6.26 Å². The monoisotopic (exact) mass is 231 g/mol. The molecule has 88 valence electrons. The molecule has 0 heterocycles. The Hall–Kier alpha value is -0.220.